The zero-order valence-electron chi connectivity index (χ0n) is 14.4. The van der Waals surface area contributed by atoms with Gasteiger partial charge in [-0.15, -0.1) is 0 Å². The van der Waals surface area contributed by atoms with E-state index in [1.807, 2.05) is 24.3 Å². The molecule has 0 fully saturated rings. The average Bonchev–Trinajstić information content (AvgIpc) is 2.62. The van der Waals surface area contributed by atoms with Crippen molar-refractivity contribution in [3.8, 4) is 6.07 Å². The van der Waals surface area contributed by atoms with Gasteiger partial charge in [0.05, 0.1) is 11.6 Å². The van der Waals surface area contributed by atoms with Gasteiger partial charge in [0, 0.05) is 23.0 Å². The summed E-state index contributed by atoms with van der Waals surface area (Å²) >= 11 is 0. The Balaban J connectivity index is 1.82. The lowest BCUT2D eigenvalue weighted by Crippen LogP contribution is -2.02. The van der Waals surface area contributed by atoms with Crippen molar-refractivity contribution in [3.63, 3.8) is 0 Å². The van der Waals surface area contributed by atoms with Gasteiger partial charge < -0.3 is 10.6 Å². The maximum Gasteiger partial charge on any atom is 0.159 e. The quantitative estimate of drug-likeness (QED) is 0.669. The number of nitrogens with one attached hydrogen (secondary N) is 2. The molecule has 0 saturated heterocycles. The van der Waals surface area contributed by atoms with Gasteiger partial charge in [-0.05, 0) is 50.2 Å². The van der Waals surface area contributed by atoms with E-state index in [1.54, 1.807) is 37.3 Å². The minimum absolute atomic E-state index is 0.00990. The zero-order chi connectivity index (χ0) is 18.5. The van der Waals surface area contributed by atoms with Crippen LogP contribution in [-0.2, 0) is 0 Å². The van der Waals surface area contributed by atoms with Crippen LogP contribution in [0.25, 0.3) is 0 Å². The molecule has 1 heterocycles. The van der Waals surface area contributed by atoms with Gasteiger partial charge >= 0.3 is 0 Å². The smallest absolute Gasteiger partial charge is 0.159 e. The van der Waals surface area contributed by atoms with Gasteiger partial charge in [0.25, 0.3) is 0 Å². The van der Waals surface area contributed by atoms with E-state index in [4.69, 9.17) is 5.26 Å². The van der Waals surface area contributed by atoms with Crippen molar-refractivity contribution >= 4 is 28.8 Å². The number of ketones is 1. The first-order chi connectivity index (χ1) is 12.5. The van der Waals surface area contributed by atoms with Crippen molar-refractivity contribution in [1.29, 1.82) is 5.26 Å². The molecule has 3 rings (SSSR count). The van der Waals surface area contributed by atoms with Crippen molar-refractivity contribution in [1.82, 2.24) is 9.97 Å². The number of rotatable bonds is 5. The summed E-state index contributed by atoms with van der Waals surface area (Å²) in [7, 11) is 0. The number of aryl methyl sites for hydroxylation is 1. The molecule has 128 valence electrons. The van der Waals surface area contributed by atoms with Crippen molar-refractivity contribution in [2.75, 3.05) is 10.6 Å². The van der Waals surface area contributed by atoms with Gasteiger partial charge in [-0.1, -0.05) is 12.1 Å². The molecule has 6 heteroatoms. The second-order valence-electron chi connectivity index (χ2n) is 5.76. The first kappa shape index (κ1) is 17.1. The van der Waals surface area contributed by atoms with Crippen LogP contribution in [0.3, 0.4) is 0 Å². The van der Waals surface area contributed by atoms with Crippen LogP contribution < -0.4 is 10.6 Å². The first-order valence-corrected chi connectivity index (χ1v) is 8.04. The molecular weight excluding hydrogens is 326 g/mol. The van der Waals surface area contributed by atoms with E-state index in [2.05, 4.69) is 26.7 Å². The van der Waals surface area contributed by atoms with Crippen LogP contribution in [0, 0.1) is 18.3 Å². The summed E-state index contributed by atoms with van der Waals surface area (Å²) in [6, 6.07) is 18.2. The van der Waals surface area contributed by atoms with Crippen LogP contribution in [0.15, 0.2) is 54.6 Å². The van der Waals surface area contributed by atoms with E-state index >= 15 is 0 Å². The molecule has 26 heavy (non-hydrogen) atoms. The van der Waals surface area contributed by atoms with E-state index in [1.165, 1.54) is 6.92 Å². The zero-order valence-corrected chi connectivity index (χ0v) is 14.4. The van der Waals surface area contributed by atoms with Crippen LogP contribution in [0.2, 0.25) is 0 Å². The van der Waals surface area contributed by atoms with E-state index in [0.29, 0.717) is 28.6 Å². The highest BCUT2D eigenvalue weighted by molar-refractivity contribution is 5.95. The number of anilines is 4. The van der Waals surface area contributed by atoms with Gasteiger partial charge in [0.1, 0.15) is 17.5 Å². The fraction of sp³-hybridized carbons (Fsp3) is 0.100. The SMILES string of the molecule is CC(=O)c1cccc(Nc2cc(Nc3ccc(C#N)cc3)nc(C)n2)c1. The number of carbonyl (C=O) groups excluding carboxylic acids is 1. The second kappa shape index (κ2) is 7.45. The summed E-state index contributed by atoms with van der Waals surface area (Å²) in [5.74, 6) is 1.87. The third-order valence-corrected chi connectivity index (χ3v) is 3.67. The standard InChI is InChI=1S/C20H17N5O/c1-13(26)16-4-3-5-18(10-16)25-20-11-19(22-14(2)23-20)24-17-8-6-15(12-21)7-9-17/h3-11H,1-2H3,(H2,22,23,24,25). The van der Waals surface area contributed by atoms with Crippen LogP contribution in [0.1, 0.15) is 28.7 Å². The minimum Gasteiger partial charge on any atom is -0.340 e. The fourth-order valence-corrected chi connectivity index (χ4v) is 2.44. The Morgan fingerprint density at radius 1 is 0.962 bits per heavy atom. The predicted molar refractivity (Wildman–Crippen MR) is 101 cm³/mol. The van der Waals surface area contributed by atoms with Gasteiger partial charge in [-0.2, -0.15) is 5.26 Å². The Morgan fingerprint density at radius 3 is 2.23 bits per heavy atom. The summed E-state index contributed by atoms with van der Waals surface area (Å²) in [6.45, 7) is 3.34. The third-order valence-electron chi connectivity index (χ3n) is 3.67. The summed E-state index contributed by atoms with van der Waals surface area (Å²) in [5.41, 5.74) is 2.84. The molecule has 2 N–H and O–H groups in total. The maximum atomic E-state index is 11.5. The van der Waals surface area contributed by atoms with E-state index < -0.39 is 0 Å². The number of Topliss-reactive ketones (excluding diaryl/α,β-unsaturated/α-hetero) is 1. The molecule has 0 atom stereocenters. The lowest BCUT2D eigenvalue weighted by molar-refractivity contribution is 0.101. The van der Waals surface area contributed by atoms with Crippen LogP contribution in [0.4, 0.5) is 23.0 Å². The Kier molecular flexibility index (Phi) is 4.90. The van der Waals surface area contributed by atoms with Crippen molar-refractivity contribution in [2.24, 2.45) is 0 Å². The Morgan fingerprint density at radius 2 is 1.62 bits per heavy atom. The molecule has 0 unspecified atom stereocenters. The summed E-state index contributed by atoms with van der Waals surface area (Å²) in [4.78, 5) is 20.3. The molecule has 0 aliphatic rings. The topological polar surface area (TPSA) is 90.7 Å². The van der Waals surface area contributed by atoms with Gasteiger partial charge in [-0.3, -0.25) is 4.79 Å². The summed E-state index contributed by atoms with van der Waals surface area (Å²) in [6.07, 6.45) is 0. The molecular formula is C20H17N5O. The molecule has 6 nitrogen and oxygen atoms in total. The third kappa shape index (κ3) is 4.22. The normalized spacial score (nSPS) is 10.0. The highest BCUT2D eigenvalue weighted by atomic mass is 16.1. The molecule has 0 bridgehead atoms. The lowest BCUT2D eigenvalue weighted by atomic mass is 10.1. The molecule has 0 saturated carbocycles. The molecule has 3 aromatic rings. The number of benzene rings is 2. The monoisotopic (exact) mass is 343 g/mol. The number of hydrogen-bond acceptors (Lipinski definition) is 6. The molecule has 0 amide bonds. The number of hydrogen-bond donors (Lipinski definition) is 2. The van der Waals surface area contributed by atoms with Gasteiger partial charge in [0.15, 0.2) is 5.78 Å². The molecule has 1 aromatic heterocycles. The number of nitriles is 1. The van der Waals surface area contributed by atoms with Crippen LogP contribution in [0.5, 0.6) is 0 Å². The first-order valence-electron chi connectivity index (χ1n) is 8.04. The van der Waals surface area contributed by atoms with E-state index in [-0.39, 0.29) is 5.78 Å². The molecule has 0 radical (unpaired) electrons. The van der Waals surface area contributed by atoms with E-state index in [9.17, 15) is 4.79 Å². The lowest BCUT2D eigenvalue weighted by Gasteiger charge is -2.11. The molecule has 2 aromatic carbocycles. The summed E-state index contributed by atoms with van der Waals surface area (Å²) in [5, 5.41) is 15.3. The largest absolute Gasteiger partial charge is 0.340 e. The highest BCUT2D eigenvalue weighted by Gasteiger charge is 2.05. The van der Waals surface area contributed by atoms with Crippen LogP contribution >= 0.6 is 0 Å². The number of carbonyl (C=O) groups is 1. The average molecular weight is 343 g/mol. The van der Waals surface area contributed by atoms with Crippen molar-refractivity contribution in [2.45, 2.75) is 13.8 Å². The fourth-order valence-electron chi connectivity index (χ4n) is 2.44. The number of aromatic nitrogens is 2. The molecule has 0 aliphatic heterocycles. The van der Waals surface area contributed by atoms with Gasteiger partial charge in [0.2, 0.25) is 0 Å². The van der Waals surface area contributed by atoms with Crippen LogP contribution in [-0.4, -0.2) is 15.8 Å². The van der Waals surface area contributed by atoms with Crippen molar-refractivity contribution < 1.29 is 4.79 Å². The Bertz CT molecular complexity index is 990. The Labute approximate surface area is 151 Å². The Hall–Kier alpha value is -3.72. The maximum absolute atomic E-state index is 11.5. The second-order valence-corrected chi connectivity index (χ2v) is 5.76. The minimum atomic E-state index is 0.00990. The molecule has 0 spiro atoms. The summed E-state index contributed by atoms with van der Waals surface area (Å²) < 4.78 is 0. The number of nitrogens with zero attached hydrogens (tertiary/aromatic N) is 3. The van der Waals surface area contributed by atoms with Crippen molar-refractivity contribution in [3.05, 3.63) is 71.5 Å². The molecule has 0 aliphatic carbocycles. The highest BCUT2D eigenvalue weighted by Crippen LogP contribution is 2.21. The van der Waals surface area contributed by atoms with Gasteiger partial charge in [-0.25, -0.2) is 9.97 Å². The predicted octanol–water partition coefficient (Wildman–Crippen LogP) is 4.35. The van der Waals surface area contributed by atoms with E-state index in [0.717, 1.165) is 11.4 Å².